The largest absolute Gasteiger partial charge is 0.416 e. The number of carbonyl (C=O) groups is 1. The maximum Gasteiger partial charge on any atom is 0.416 e. The lowest BCUT2D eigenvalue weighted by molar-refractivity contribution is -0.137. The van der Waals surface area contributed by atoms with Gasteiger partial charge in [0.2, 0.25) is 0 Å². The van der Waals surface area contributed by atoms with Gasteiger partial charge in [-0.2, -0.15) is 13.2 Å². The van der Waals surface area contributed by atoms with Crippen LogP contribution in [-0.4, -0.2) is 23.2 Å². The van der Waals surface area contributed by atoms with Crippen LogP contribution in [0.1, 0.15) is 49.7 Å². The average molecular weight is 358 g/mol. The fourth-order valence-electron chi connectivity index (χ4n) is 3.24. The highest BCUT2D eigenvalue weighted by molar-refractivity contribution is 5.81. The predicted octanol–water partition coefficient (Wildman–Crippen LogP) is 2.98. The third-order valence-corrected chi connectivity index (χ3v) is 4.75. The van der Waals surface area contributed by atoms with Crippen LogP contribution in [0.5, 0.6) is 0 Å². The number of hydrogen-bond acceptors (Lipinski definition) is 3. The summed E-state index contributed by atoms with van der Waals surface area (Å²) in [6.07, 6.45) is 0.611. The smallest absolute Gasteiger partial charge is 0.382 e. The van der Waals surface area contributed by atoms with Crippen LogP contribution in [0.2, 0.25) is 0 Å². The highest BCUT2D eigenvalue weighted by Crippen LogP contribution is 2.29. The minimum atomic E-state index is -4.39. The Morgan fingerprint density at radius 2 is 1.80 bits per heavy atom. The van der Waals surface area contributed by atoms with Gasteiger partial charge in [0.25, 0.3) is 5.91 Å². The van der Waals surface area contributed by atoms with Gasteiger partial charge in [-0.25, -0.2) is 0 Å². The van der Waals surface area contributed by atoms with Crippen molar-refractivity contribution in [3.8, 4) is 0 Å². The summed E-state index contributed by atoms with van der Waals surface area (Å²) >= 11 is 0. The lowest BCUT2D eigenvalue weighted by atomic mass is 9.84. The normalized spacial score (nSPS) is 18.6. The fourth-order valence-corrected chi connectivity index (χ4v) is 3.24. The van der Waals surface area contributed by atoms with E-state index < -0.39 is 29.8 Å². The number of amides is 1. The van der Waals surface area contributed by atoms with Crippen LogP contribution in [0, 0.1) is 5.92 Å². The number of benzene rings is 1. The van der Waals surface area contributed by atoms with E-state index >= 15 is 0 Å². The molecule has 4 N–H and O–H groups in total. The van der Waals surface area contributed by atoms with Crippen LogP contribution in [0.25, 0.3) is 0 Å². The van der Waals surface area contributed by atoms with Crippen LogP contribution in [0.15, 0.2) is 24.3 Å². The Balaban J connectivity index is 1.80. The molecule has 0 aliphatic heterocycles. The number of halogens is 3. The van der Waals surface area contributed by atoms with E-state index in [-0.39, 0.29) is 6.54 Å². The second kappa shape index (κ2) is 8.67. The van der Waals surface area contributed by atoms with Crippen LogP contribution in [0.3, 0.4) is 0 Å². The van der Waals surface area contributed by atoms with Crippen molar-refractivity contribution in [1.82, 2.24) is 5.32 Å². The van der Waals surface area contributed by atoms with Gasteiger partial charge in [0, 0.05) is 12.6 Å². The molecule has 1 aliphatic rings. The number of nitrogens with two attached hydrogens (primary N) is 1. The zero-order valence-corrected chi connectivity index (χ0v) is 14.1. The Bertz CT molecular complexity index is 554. The summed E-state index contributed by atoms with van der Waals surface area (Å²) in [5, 5.41) is 12.6. The van der Waals surface area contributed by atoms with Crippen molar-refractivity contribution in [3.05, 3.63) is 35.4 Å². The van der Waals surface area contributed by atoms with Crippen molar-refractivity contribution in [2.75, 3.05) is 0 Å². The molecule has 0 heterocycles. The van der Waals surface area contributed by atoms with Crippen molar-refractivity contribution < 1.29 is 23.1 Å². The van der Waals surface area contributed by atoms with Crippen LogP contribution < -0.4 is 11.1 Å². The van der Waals surface area contributed by atoms with E-state index in [0.717, 1.165) is 37.8 Å². The standard InChI is InChI=1S/C18H25F3N2O2/c19-18(20,21)14-8-6-13(7-9-14)11-23-17(25)16(24)15(22)10-12-4-2-1-3-5-12/h6-9,12,15-16,24H,1-5,10-11,22H2,(H,23,25). The second-order valence-electron chi connectivity index (χ2n) is 6.76. The number of aliphatic hydroxyl groups is 1. The summed E-state index contributed by atoms with van der Waals surface area (Å²) < 4.78 is 37.5. The molecule has 25 heavy (non-hydrogen) atoms. The van der Waals surface area contributed by atoms with Gasteiger partial charge in [-0.3, -0.25) is 4.79 Å². The highest BCUT2D eigenvalue weighted by Gasteiger charge is 2.30. The van der Waals surface area contributed by atoms with Gasteiger partial charge in [0.05, 0.1) is 5.56 Å². The molecule has 0 saturated heterocycles. The summed E-state index contributed by atoms with van der Waals surface area (Å²) in [4.78, 5) is 12.0. The zero-order chi connectivity index (χ0) is 18.4. The van der Waals surface area contributed by atoms with Crippen LogP contribution in [-0.2, 0) is 17.5 Å². The minimum Gasteiger partial charge on any atom is -0.382 e. The molecule has 2 rings (SSSR count). The Morgan fingerprint density at radius 1 is 1.20 bits per heavy atom. The molecule has 0 radical (unpaired) electrons. The molecule has 1 fully saturated rings. The number of hydrogen-bond donors (Lipinski definition) is 3. The number of nitrogens with one attached hydrogen (secondary N) is 1. The van der Waals surface area contributed by atoms with E-state index in [1.807, 2.05) is 0 Å². The number of alkyl halides is 3. The Kier molecular flexibility index (Phi) is 6.84. The predicted molar refractivity (Wildman–Crippen MR) is 88.5 cm³/mol. The molecule has 140 valence electrons. The van der Waals surface area contributed by atoms with E-state index in [2.05, 4.69) is 5.32 Å². The monoisotopic (exact) mass is 358 g/mol. The Morgan fingerprint density at radius 3 is 2.36 bits per heavy atom. The summed E-state index contributed by atoms with van der Waals surface area (Å²) in [5.74, 6) is -0.149. The van der Waals surface area contributed by atoms with Crippen LogP contribution in [0.4, 0.5) is 13.2 Å². The van der Waals surface area contributed by atoms with Gasteiger partial charge in [0.15, 0.2) is 0 Å². The van der Waals surface area contributed by atoms with Crippen LogP contribution >= 0.6 is 0 Å². The summed E-state index contributed by atoms with van der Waals surface area (Å²) in [5.41, 5.74) is 5.73. The van der Waals surface area contributed by atoms with Crippen molar-refractivity contribution in [2.45, 2.75) is 63.4 Å². The van der Waals surface area contributed by atoms with Gasteiger partial charge >= 0.3 is 6.18 Å². The molecule has 1 aromatic rings. The molecule has 0 bridgehead atoms. The molecule has 1 amide bonds. The van der Waals surface area contributed by atoms with Crippen molar-refractivity contribution in [1.29, 1.82) is 0 Å². The molecule has 2 unspecified atom stereocenters. The summed E-state index contributed by atoms with van der Waals surface area (Å²) in [7, 11) is 0. The molecular weight excluding hydrogens is 333 g/mol. The summed E-state index contributed by atoms with van der Waals surface area (Å²) in [6, 6.07) is 3.91. The maximum atomic E-state index is 12.5. The molecule has 4 nitrogen and oxygen atoms in total. The highest BCUT2D eigenvalue weighted by atomic mass is 19.4. The summed E-state index contributed by atoms with van der Waals surface area (Å²) in [6.45, 7) is 0.0458. The minimum absolute atomic E-state index is 0.0458. The number of carbonyl (C=O) groups excluding carboxylic acids is 1. The first kappa shape index (κ1) is 19.7. The first-order chi connectivity index (χ1) is 11.8. The van der Waals surface area contributed by atoms with E-state index in [1.54, 1.807) is 0 Å². The van der Waals surface area contributed by atoms with E-state index in [0.29, 0.717) is 17.9 Å². The maximum absolute atomic E-state index is 12.5. The molecule has 1 aromatic carbocycles. The van der Waals surface area contributed by atoms with Gasteiger partial charge in [0.1, 0.15) is 6.10 Å². The first-order valence-electron chi connectivity index (χ1n) is 8.65. The van der Waals surface area contributed by atoms with E-state index in [1.165, 1.54) is 18.6 Å². The van der Waals surface area contributed by atoms with Crippen molar-refractivity contribution in [2.24, 2.45) is 11.7 Å². The molecule has 7 heteroatoms. The Labute approximate surface area is 145 Å². The topological polar surface area (TPSA) is 75.3 Å². The van der Waals surface area contributed by atoms with Crippen molar-refractivity contribution in [3.63, 3.8) is 0 Å². The molecule has 0 spiro atoms. The van der Waals surface area contributed by atoms with Gasteiger partial charge in [-0.15, -0.1) is 0 Å². The second-order valence-corrected chi connectivity index (χ2v) is 6.76. The van der Waals surface area contributed by atoms with Gasteiger partial charge in [-0.05, 0) is 30.0 Å². The third-order valence-electron chi connectivity index (χ3n) is 4.75. The van der Waals surface area contributed by atoms with E-state index in [9.17, 15) is 23.1 Å². The fraction of sp³-hybridized carbons (Fsp3) is 0.611. The molecule has 2 atom stereocenters. The number of aliphatic hydroxyl groups excluding tert-OH is 1. The zero-order valence-electron chi connectivity index (χ0n) is 14.1. The first-order valence-corrected chi connectivity index (χ1v) is 8.65. The SMILES string of the molecule is NC(CC1CCCCC1)C(O)C(=O)NCc1ccc(C(F)(F)F)cc1. The van der Waals surface area contributed by atoms with Gasteiger partial charge < -0.3 is 16.2 Å². The van der Waals surface area contributed by atoms with Crippen molar-refractivity contribution >= 4 is 5.91 Å². The quantitative estimate of drug-likeness (QED) is 0.732. The average Bonchev–Trinajstić information content (AvgIpc) is 2.59. The molecular formula is C18H25F3N2O2. The lowest BCUT2D eigenvalue weighted by Crippen LogP contribution is -2.47. The Hall–Kier alpha value is -1.60. The number of rotatable bonds is 6. The molecule has 0 aromatic heterocycles. The third kappa shape index (κ3) is 6.01. The van der Waals surface area contributed by atoms with E-state index in [4.69, 9.17) is 5.73 Å². The van der Waals surface area contributed by atoms with Gasteiger partial charge in [-0.1, -0.05) is 44.2 Å². The molecule has 1 saturated carbocycles. The molecule has 1 aliphatic carbocycles. The lowest BCUT2D eigenvalue weighted by Gasteiger charge is -2.26.